The van der Waals surface area contributed by atoms with E-state index in [0.29, 0.717) is 0 Å². The van der Waals surface area contributed by atoms with E-state index in [9.17, 15) is 10.1 Å². The Morgan fingerprint density at radius 2 is 1.03 bits per heavy atom. The molecule has 0 bridgehead atoms. The molecule has 2 aromatic rings. The maximum Gasteiger partial charge on any atom is 0.269 e. The summed E-state index contributed by atoms with van der Waals surface area (Å²) < 4.78 is 2.23. The van der Waals surface area contributed by atoms with Gasteiger partial charge in [-0.05, 0) is 64.8 Å². The van der Waals surface area contributed by atoms with E-state index >= 15 is 0 Å². The highest BCUT2D eigenvalue weighted by atomic mass is 16.6. The number of hydrogen-bond acceptors (Lipinski definition) is 4. The topological polar surface area (TPSA) is 138 Å². The van der Waals surface area contributed by atoms with Crippen LogP contribution in [0.25, 0.3) is 6.15 Å². The summed E-state index contributed by atoms with van der Waals surface area (Å²) in [7, 11) is 0. The molecule has 0 amide bonds. The van der Waals surface area contributed by atoms with Crippen LogP contribution in [0.1, 0.15) is 65.5 Å². The van der Waals surface area contributed by atoms with Crippen molar-refractivity contribution in [2.24, 2.45) is 0 Å². The van der Waals surface area contributed by atoms with Gasteiger partial charge in [0.05, 0.1) is 44.2 Å². The van der Waals surface area contributed by atoms with Crippen molar-refractivity contribution < 1.29 is 13.9 Å². The zero-order chi connectivity index (χ0) is 25.6. The molecule has 2 aromatic carbocycles. The first kappa shape index (κ1) is 35.6. The summed E-state index contributed by atoms with van der Waals surface area (Å²) in [4.78, 5) is 10.3. The van der Waals surface area contributed by atoms with E-state index in [-0.39, 0.29) is 22.9 Å². The van der Waals surface area contributed by atoms with Gasteiger partial charge in [0, 0.05) is 28.9 Å². The Morgan fingerprint density at radius 3 is 1.31 bits per heavy atom. The normalized spacial score (nSPS) is 10.9. The molecular weight excluding hydrogens is 452 g/mol. The van der Waals surface area contributed by atoms with E-state index in [2.05, 4.69) is 53.7 Å². The lowest BCUT2D eigenvalue weighted by molar-refractivity contribution is -0.937. The standard InChI is InChI=1S/C14H23N2O2.C14H25N2.H3N.H2N/c1-4-11-16(5-2,6-3)12-13-7-9-14(10-8-13)15(17)18;1-4-11-16(5-2,6-3)12-13-7-9-14(15)10-8-13;;/h7-10H,4-6,11-12H2,1-3H3;7-10H,4-6,11-12,15H2,1-3H3;1H3;1H2/q2*+1;;-1. The highest BCUT2D eigenvalue weighted by Gasteiger charge is 2.23. The van der Waals surface area contributed by atoms with E-state index < -0.39 is 0 Å². The maximum absolute atomic E-state index is 10.6. The second-order valence-corrected chi connectivity index (χ2v) is 9.38. The molecule has 0 fully saturated rings. The van der Waals surface area contributed by atoms with Crippen molar-refractivity contribution in [3.8, 4) is 0 Å². The monoisotopic (exact) mass is 505 g/mol. The van der Waals surface area contributed by atoms with Gasteiger partial charge in [0.15, 0.2) is 0 Å². The predicted molar refractivity (Wildman–Crippen MR) is 155 cm³/mol. The van der Waals surface area contributed by atoms with Gasteiger partial charge in [-0.1, -0.05) is 26.0 Å². The molecule has 8 nitrogen and oxygen atoms in total. The lowest BCUT2D eigenvalue weighted by Crippen LogP contribution is -2.47. The molecule has 2 rings (SSSR count). The molecule has 0 aliphatic carbocycles. The average Bonchev–Trinajstić information content (AvgIpc) is 2.85. The molecule has 206 valence electrons. The van der Waals surface area contributed by atoms with E-state index in [4.69, 9.17) is 5.73 Å². The van der Waals surface area contributed by atoms with Crippen molar-refractivity contribution in [3.05, 3.63) is 75.9 Å². The number of nitrogen functional groups attached to an aromatic ring is 1. The third kappa shape index (κ3) is 11.0. The van der Waals surface area contributed by atoms with Crippen molar-refractivity contribution in [2.45, 2.75) is 67.5 Å². The minimum atomic E-state index is -0.350. The predicted octanol–water partition coefficient (Wildman–Crippen LogP) is 7.28. The van der Waals surface area contributed by atoms with Crippen molar-refractivity contribution in [2.75, 3.05) is 45.0 Å². The summed E-state index contributed by atoms with van der Waals surface area (Å²) in [6.45, 7) is 22.6. The Kier molecular flexibility index (Phi) is 17.7. The Bertz CT molecular complexity index is 832. The van der Waals surface area contributed by atoms with Gasteiger partial charge in [-0.3, -0.25) is 10.1 Å². The average molecular weight is 506 g/mol. The summed E-state index contributed by atoms with van der Waals surface area (Å²) in [5, 5.41) is 10.6. The van der Waals surface area contributed by atoms with Gasteiger partial charge in [-0.2, -0.15) is 0 Å². The quantitative estimate of drug-likeness (QED) is 0.128. The lowest BCUT2D eigenvalue weighted by Gasteiger charge is -2.36. The molecule has 0 saturated carbocycles. The molecule has 0 radical (unpaired) electrons. The summed E-state index contributed by atoms with van der Waals surface area (Å²) in [6.07, 6.45) is 2.41. The first-order valence-corrected chi connectivity index (χ1v) is 13.0. The fraction of sp³-hybridized carbons (Fsp3) is 0.571. The molecule has 7 N–H and O–H groups in total. The van der Waals surface area contributed by atoms with E-state index in [1.54, 1.807) is 12.1 Å². The fourth-order valence-electron chi connectivity index (χ4n) is 4.75. The number of anilines is 1. The molecule has 0 unspecified atom stereocenters. The molecule has 0 spiro atoms. The first-order chi connectivity index (χ1) is 16.2. The Hall–Kier alpha value is -2.52. The van der Waals surface area contributed by atoms with Crippen molar-refractivity contribution in [1.29, 1.82) is 0 Å². The molecule has 36 heavy (non-hydrogen) atoms. The second kappa shape index (κ2) is 17.8. The summed E-state index contributed by atoms with van der Waals surface area (Å²) in [5.74, 6) is 0. The number of benzene rings is 2. The highest BCUT2D eigenvalue weighted by Crippen LogP contribution is 2.19. The Morgan fingerprint density at radius 1 is 0.694 bits per heavy atom. The summed E-state index contributed by atoms with van der Waals surface area (Å²) >= 11 is 0. The van der Waals surface area contributed by atoms with Gasteiger partial charge in [0.2, 0.25) is 0 Å². The van der Waals surface area contributed by atoms with E-state index in [1.165, 1.54) is 41.7 Å². The van der Waals surface area contributed by atoms with E-state index in [0.717, 1.165) is 49.3 Å². The van der Waals surface area contributed by atoms with Crippen LogP contribution in [0.4, 0.5) is 11.4 Å². The molecule has 0 saturated heterocycles. The Balaban J connectivity index is 0. The minimum absolute atomic E-state index is 0. The van der Waals surface area contributed by atoms with Crippen LogP contribution in [-0.2, 0) is 13.1 Å². The number of nitrogens with two attached hydrogens (primary N) is 2. The number of quaternary nitrogens is 2. The van der Waals surface area contributed by atoms with Crippen molar-refractivity contribution >= 4 is 11.4 Å². The van der Waals surface area contributed by atoms with Crippen LogP contribution in [0.5, 0.6) is 0 Å². The third-order valence-electron chi connectivity index (χ3n) is 7.24. The minimum Gasteiger partial charge on any atom is -0.693 e. The smallest absolute Gasteiger partial charge is 0.269 e. The van der Waals surface area contributed by atoms with Crippen LogP contribution in [0.2, 0.25) is 0 Å². The number of hydrogen-bond donors (Lipinski definition) is 2. The molecule has 0 aromatic heterocycles. The van der Waals surface area contributed by atoms with Crippen LogP contribution in [-0.4, -0.2) is 53.2 Å². The van der Waals surface area contributed by atoms with Gasteiger partial charge in [-0.25, -0.2) is 0 Å². The van der Waals surface area contributed by atoms with Gasteiger partial charge >= 0.3 is 0 Å². The molecule has 0 atom stereocenters. The van der Waals surface area contributed by atoms with Gasteiger partial charge in [0.1, 0.15) is 13.1 Å². The zero-order valence-corrected chi connectivity index (χ0v) is 23.7. The zero-order valence-electron chi connectivity index (χ0n) is 23.7. The molecule has 0 heterocycles. The lowest BCUT2D eigenvalue weighted by atomic mass is 10.1. The Labute approximate surface area is 220 Å². The first-order valence-electron chi connectivity index (χ1n) is 13.0. The van der Waals surface area contributed by atoms with Gasteiger partial charge < -0.3 is 27.0 Å². The molecular formula is C28H53N6O2+. The number of non-ortho nitro benzene ring substituents is 1. The van der Waals surface area contributed by atoms with Gasteiger partial charge in [0.25, 0.3) is 5.69 Å². The number of nitrogens with zero attached hydrogens (tertiary/aromatic N) is 3. The largest absolute Gasteiger partial charge is 0.693 e. The fourth-order valence-corrected chi connectivity index (χ4v) is 4.75. The number of nitro groups is 1. The highest BCUT2D eigenvalue weighted by molar-refractivity contribution is 5.39. The summed E-state index contributed by atoms with van der Waals surface area (Å²) in [6, 6.07) is 15.3. The molecule has 8 heteroatoms. The summed E-state index contributed by atoms with van der Waals surface area (Å²) in [5.41, 5.74) is 9.30. The molecule has 0 aliphatic heterocycles. The van der Waals surface area contributed by atoms with Crippen LogP contribution in [0, 0.1) is 10.1 Å². The second-order valence-electron chi connectivity index (χ2n) is 9.38. The molecule has 0 aliphatic rings. The van der Waals surface area contributed by atoms with Crippen LogP contribution in [0.15, 0.2) is 48.5 Å². The van der Waals surface area contributed by atoms with Crippen LogP contribution in [0.3, 0.4) is 0 Å². The maximum atomic E-state index is 10.6. The number of rotatable bonds is 13. The van der Waals surface area contributed by atoms with Crippen molar-refractivity contribution in [1.82, 2.24) is 6.15 Å². The van der Waals surface area contributed by atoms with Gasteiger partial charge in [-0.15, -0.1) is 0 Å². The van der Waals surface area contributed by atoms with Crippen molar-refractivity contribution in [3.63, 3.8) is 0 Å². The SMILES string of the molecule is CCC[N+](CC)(CC)Cc1ccc(N)cc1.CCC[N+](CC)(CC)Cc1ccc([N+](=O)[O-])cc1.N.[NH2-]. The number of nitro benzene ring substituents is 1. The van der Waals surface area contributed by atoms with Crippen LogP contribution < -0.4 is 11.9 Å². The van der Waals surface area contributed by atoms with Crippen LogP contribution >= 0.6 is 0 Å². The van der Waals surface area contributed by atoms with E-state index in [1.807, 2.05) is 24.3 Å². The third-order valence-corrected chi connectivity index (χ3v) is 7.24.